The quantitative estimate of drug-likeness (QED) is 0.611. The number of fused-ring (bicyclic) bond motifs is 2. The highest BCUT2D eigenvalue weighted by Gasteiger charge is 2.67. The Kier molecular flexibility index (Phi) is 3.79. The summed E-state index contributed by atoms with van der Waals surface area (Å²) < 4.78 is 0. The van der Waals surface area contributed by atoms with Crippen molar-refractivity contribution in [2.24, 2.45) is 17.3 Å². The molecule has 3 fully saturated rings. The molecule has 0 saturated heterocycles. The van der Waals surface area contributed by atoms with E-state index in [0.29, 0.717) is 12.3 Å². The fourth-order valence-corrected chi connectivity index (χ4v) is 4.24. The first-order chi connectivity index (χ1) is 8.61. The first-order valence-corrected chi connectivity index (χ1v) is 7.66. The number of rotatable bonds is 5. The molecule has 19 heavy (non-hydrogen) atoms. The Morgan fingerprint density at radius 2 is 1.95 bits per heavy atom. The summed E-state index contributed by atoms with van der Waals surface area (Å²) in [5, 5.41) is 9.52. The van der Waals surface area contributed by atoms with Crippen LogP contribution in [-0.2, 0) is 9.78 Å². The number of aliphatic hydroxyl groups excluding tert-OH is 1. The molecule has 3 heteroatoms. The van der Waals surface area contributed by atoms with E-state index in [1.807, 2.05) is 13.8 Å². The van der Waals surface area contributed by atoms with Crippen molar-refractivity contribution >= 4 is 0 Å². The third-order valence-corrected chi connectivity index (χ3v) is 5.61. The lowest BCUT2D eigenvalue weighted by Gasteiger charge is -2.66. The average Bonchev–Trinajstić information content (AvgIpc) is 2.25. The zero-order valence-corrected chi connectivity index (χ0v) is 13.3. The van der Waals surface area contributed by atoms with Crippen LogP contribution in [-0.4, -0.2) is 22.4 Å². The van der Waals surface area contributed by atoms with Gasteiger partial charge in [0.25, 0.3) is 0 Å². The van der Waals surface area contributed by atoms with E-state index in [0.717, 1.165) is 12.3 Å². The largest absolute Gasteiger partial charge is 0.393 e. The average molecular weight is 270 g/mol. The zero-order valence-electron chi connectivity index (χ0n) is 13.3. The number of hydrogen-bond acceptors (Lipinski definition) is 3. The van der Waals surface area contributed by atoms with Gasteiger partial charge in [-0.1, -0.05) is 20.8 Å². The van der Waals surface area contributed by atoms with E-state index >= 15 is 0 Å². The summed E-state index contributed by atoms with van der Waals surface area (Å²) in [6.45, 7) is 12.6. The number of aliphatic hydroxyl groups is 1. The van der Waals surface area contributed by atoms with Crippen LogP contribution >= 0.6 is 0 Å². The molecule has 3 aliphatic carbocycles. The number of hydrogen-bond donors (Lipinski definition) is 1. The van der Waals surface area contributed by atoms with Crippen molar-refractivity contribution in [3.05, 3.63) is 0 Å². The van der Waals surface area contributed by atoms with Gasteiger partial charge in [-0.2, -0.15) is 0 Å². The maximum Gasteiger partial charge on any atom is 0.112 e. The van der Waals surface area contributed by atoms with Crippen LogP contribution in [0.15, 0.2) is 0 Å². The first kappa shape index (κ1) is 15.3. The standard InChI is InChI=1S/C16H30O3/c1-11-7-8-13-10-16(11,15(13,5)6)19-18-14(3,4)9-12(2)17/h11-13,17H,7-10H2,1-6H3. The van der Waals surface area contributed by atoms with E-state index in [1.54, 1.807) is 6.92 Å². The second kappa shape index (κ2) is 4.71. The highest BCUT2D eigenvalue weighted by Crippen LogP contribution is 2.66. The SMILES string of the molecule is CC(O)CC(C)(C)OOC12CC(CCC1C)C2(C)C. The van der Waals surface area contributed by atoms with Gasteiger partial charge in [-0.25, -0.2) is 9.78 Å². The minimum Gasteiger partial charge on any atom is -0.393 e. The first-order valence-electron chi connectivity index (χ1n) is 7.66. The Labute approximate surface area is 117 Å². The molecule has 0 spiro atoms. The van der Waals surface area contributed by atoms with Gasteiger partial charge < -0.3 is 5.11 Å². The lowest BCUT2D eigenvalue weighted by Crippen LogP contribution is -2.68. The van der Waals surface area contributed by atoms with Crippen molar-refractivity contribution in [2.45, 2.75) is 84.5 Å². The zero-order chi connectivity index (χ0) is 14.5. The molecule has 3 saturated carbocycles. The molecule has 2 bridgehead atoms. The van der Waals surface area contributed by atoms with Crippen LogP contribution in [0.25, 0.3) is 0 Å². The van der Waals surface area contributed by atoms with Gasteiger partial charge in [0.1, 0.15) is 11.2 Å². The minimum absolute atomic E-state index is 0.133. The molecule has 0 aromatic rings. The fourth-order valence-electron chi connectivity index (χ4n) is 4.24. The van der Waals surface area contributed by atoms with E-state index in [-0.39, 0.29) is 17.1 Å². The van der Waals surface area contributed by atoms with Crippen molar-refractivity contribution < 1.29 is 14.9 Å². The third kappa shape index (κ3) is 2.45. The van der Waals surface area contributed by atoms with Gasteiger partial charge in [-0.15, -0.1) is 0 Å². The van der Waals surface area contributed by atoms with Crippen LogP contribution in [0.1, 0.15) is 67.2 Å². The molecule has 4 atom stereocenters. The van der Waals surface area contributed by atoms with Crippen molar-refractivity contribution in [3.63, 3.8) is 0 Å². The van der Waals surface area contributed by atoms with Crippen molar-refractivity contribution in [1.82, 2.24) is 0 Å². The summed E-state index contributed by atoms with van der Waals surface area (Å²) in [5.74, 6) is 1.31. The molecule has 4 unspecified atom stereocenters. The molecule has 112 valence electrons. The molecule has 0 aromatic carbocycles. The van der Waals surface area contributed by atoms with Gasteiger partial charge in [0, 0.05) is 11.8 Å². The second-order valence-corrected chi connectivity index (χ2v) is 7.97. The highest BCUT2D eigenvalue weighted by atomic mass is 17.2. The predicted octanol–water partition coefficient (Wildman–Crippen LogP) is 3.70. The maximum absolute atomic E-state index is 9.52. The smallest absolute Gasteiger partial charge is 0.112 e. The molecule has 0 heterocycles. The third-order valence-electron chi connectivity index (χ3n) is 5.61. The van der Waals surface area contributed by atoms with Gasteiger partial charge in [0.2, 0.25) is 0 Å². The maximum atomic E-state index is 9.52. The molecule has 0 amide bonds. The van der Waals surface area contributed by atoms with Crippen molar-refractivity contribution in [1.29, 1.82) is 0 Å². The van der Waals surface area contributed by atoms with Crippen LogP contribution in [0, 0.1) is 17.3 Å². The highest BCUT2D eigenvalue weighted by molar-refractivity contribution is 5.14. The Hall–Kier alpha value is -0.120. The monoisotopic (exact) mass is 270 g/mol. The second-order valence-electron chi connectivity index (χ2n) is 7.97. The Balaban J connectivity index is 2.02. The van der Waals surface area contributed by atoms with Gasteiger partial charge in [0.05, 0.1) is 6.10 Å². The summed E-state index contributed by atoms with van der Waals surface area (Å²) in [6, 6.07) is 0. The molecule has 3 rings (SSSR count). The Bertz CT molecular complexity index is 335. The van der Waals surface area contributed by atoms with Crippen molar-refractivity contribution in [3.8, 4) is 0 Å². The molecule has 0 radical (unpaired) electrons. The summed E-state index contributed by atoms with van der Waals surface area (Å²) >= 11 is 0. The predicted molar refractivity (Wildman–Crippen MR) is 75.6 cm³/mol. The fraction of sp³-hybridized carbons (Fsp3) is 1.00. The minimum atomic E-state index is -0.443. The van der Waals surface area contributed by atoms with Gasteiger partial charge in [-0.05, 0) is 51.9 Å². The van der Waals surface area contributed by atoms with E-state index in [9.17, 15) is 5.11 Å². The molecular weight excluding hydrogens is 240 g/mol. The van der Waals surface area contributed by atoms with Crippen LogP contribution in [0.3, 0.4) is 0 Å². The summed E-state index contributed by atoms with van der Waals surface area (Å²) in [4.78, 5) is 11.8. The molecule has 1 N–H and O–H groups in total. The van der Waals surface area contributed by atoms with Crippen molar-refractivity contribution in [2.75, 3.05) is 0 Å². The van der Waals surface area contributed by atoms with Crippen LogP contribution < -0.4 is 0 Å². The lowest BCUT2D eigenvalue weighted by molar-refractivity contribution is -0.473. The molecule has 0 aromatic heterocycles. The van der Waals surface area contributed by atoms with Gasteiger partial charge in [0.15, 0.2) is 0 Å². The Morgan fingerprint density at radius 3 is 2.42 bits per heavy atom. The van der Waals surface area contributed by atoms with Crippen LogP contribution in [0.4, 0.5) is 0 Å². The molecular formula is C16H30O3. The molecule has 0 aliphatic heterocycles. The van der Waals surface area contributed by atoms with E-state index in [4.69, 9.17) is 9.78 Å². The van der Waals surface area contributed by atoms with Gasteiger partial charge >= 0.3 is 0 Å². The molecule has 3 aliphatic rings. The summed E-state index contributed by atoms with van der Waals surface area (Å²) in [7, 11) is 0. The van der Waals surface area contributed by atoms with Crippen LogP contribution in [0.2, 0.25) is 0 Å². The normalized spacial score (nSPS) is 38.7. The summed E-state index contributed by atoms with van der Waals surface area (Å²) in [5.41, 5.74) is -0.376. The van der Waals surface area contributed by atoms with Gasteiger partial charge in [-0.3, -0.25) is 0 Å². The Morgan fingerprint density at radius 1 is 1.32 bits per heavy atom. The van der Waals surface area contributed by atoms with E-state index < -0.39 is 5.60 Å². The van der Waals surface area contributed by atoms with Crippen LogP contribution in [0.5, 0.6) is 0 Å². The van der Waals surface area contributed by atoms with E-state index in [2.05, 4.69) is 20.8 Å². The van der Waals surface area contributed by atoms with E-state index in [1.165, 1.54) is 12.8 Å². The lowest BCUT2D eigenvalue weighted by atomic mass is 9.43. The topological polar surface area (TPSA) is 38.7 Å². The molecule has 3 nitrogen and oxygen atoms in total. The summed E-state index contributed by atoms with van der Waals surface area (Å²) in [6.07, 6.45) is 3.87.